The van der Waals surface area contributed by atoms with E-state index < -0.39 is 51.1 Å². The maximum atomic E-state index is 13.3. The van der Waals surface area contributed by atoms with Crippen molar-refractivity contribution in [3.8, 4) is 0 Å². The molecule has 158 valence electrons. The fourth-order valence-corrected chi connectivity index (χ4v) is 5.84. The van der Waals surface area contributed by atoms with Crippen molar-refractivity contribution >= 4 is 27.7 Å². The molecule has 0 aromatic carbocycles. The molecule has 0 aromatic heterocycles. The minimum atomic E-state index is -3.50. The number of sulfonamides is 1. The molecule has 2 heterocycles. The second kappa shape index (κ2) is 7.96. The van der Waals surface area contributed by atoms with Crippen molar-refractivity contribution in [3.63, 3.8) is 0 Å². The maximum absolute atomic E-state index is 13.3. The Balaban J connectivity index is 1.89. The lowest BCUT2D eigenvalue weighted by Gasteiger charge is -2.38. The van der Waals surface area contributed by atoms with E-state index in [0.717, 1.165) is 0 Å². The molecule has 4 N–H and O–H groups in total. The number of hydrogen-bond donors (Lipinski definition) is 3. The minimum Gasteiger partial charge on any atom is -0.368 e. The molecule has 3 rings (SSSR count). The Labute approximate surface area is 165 Å². The lowest BCUT2D eigenvalue weighted by atomic mass is 10.1. The standard InChI is InChI=1S/C17H29N5O5S/c1-10(19-2)16(24)20-13-9-21(28(26,27)12-4-5-12)8-7-11-3-6-14(15(18)23)22(11)17(13)25/h10-14,19H,3-9H2,1-2H3,(H2,18,23)(H,20,24)/t10-,11+,13-,14-/m0/s1. The number of carbonyl (C=O) groups excluding carboxylic acids is 3. The van der Waals surface area contributed by atoms with Crippen LogP contribution in [0.1, 0.15) is 39.0 Å². The molecular formula is C17H29N5O5S. The van der Waals surface area contributed by atoms with Gasteiger partial charge in [0.05, 0.1) is 11.3 Å². The number of amides is 3. The van der Waals surface area contributed by atoms with Crippen molar-refractivity contribution in [1.82, 2.24) is 19.8 Å². The molecule has 1 aliphatic carbocycles. The summed E-state index contributed by atoms with van der Waals surface area (Å²) < 4.78 is 27.0. The van der Waals surface area contributed by atoms with E-state index in [1.165, 1.54) is 9.21 Å². The molecule has 0 aromatic rings. The maximum Gasteiger partial charge on any atom is 0.247 e. The molecule has 0 unspecified atom stereocenters. The number of likely N-dealkylation sites (N-methyl/N-ethyl adjacent to an activating group) is 1. The van der Waals surface area contributed by atoms with E-state index in [0.29, 0.717) is 32.1 Å². The Morgan fingerprint density at radius 3 is 2.43 bits per heavy atom. The van der Waals surface area contributed by atoms with Crippen LogP contribution in [0.2, 0.25) is 0 Å². The van der Waals surface area contributed by atoms with E-state index in [-0.39, 0.29) is 19.1 Å². The number of hydrogen-bond acceptors (Lipinski definition) is 6. The van der Waals surface area contributed by atoms with Gasteiger partial charge in [-0.25, -0.2) is 8.42 Å². The van der Waals surface area contributed by atoms with Gasteiger partial charge < -0.3 is 21.3 Å². The van der Waals surface area contributed by atoms with E-state index in [9.17, 15) is 22.8 Å². The zero-order valence-electron chi connectivity index (χ0n) is 16.3. The van der Waals surface area contributed by atoms with Gasteiger partial charge in [-0.05, 0) is 46.1 Å². The van der Waals surface area contributed by atoms with Gasteiger partial charge in [0.2, 0.25) is 27.7 Å². The quantitative estimate of drug-likeness (QED) is 0.464. The number of nitrogens with two attached hydrogens (primary N) is 1. The van der Waals surface area contributed by atoms with Crippen LogP contribution in [0.5, 0.6) is 0 Å². The highest BCUT2D eigenvalue weighted by Crippen LogP contribution is 2.34. The van der Waals surface area contributed by atoms with Gasteiger partial charge in [-0.2, -0.15) is 4.31 Å². The summed E-state index contributed by atoms with van der Waals surface area (Å²) in [6, 6.07) is -2.58. The highest BCUT2D eigenvalue weighted by molar-refractivity contribution is 7.90. The van der Waals surface area contributed by atoms with Gasteiger partial charge >= 0.3 is 0 Å². The third kappa shape index (κ3) is 4.01. The first-order valence-corrected chi connectivity index (χ1v) is 11.2. The highest BCUT2D eigenvalue weighted by atomic mass is 32.2. The summed E-state index contributed by atoms with van der Waals surface area (Å²) in [5.41, 5.74) is 5.48. The first-order valence-electron chi connectivity index (χ1n) is 9.75. The Morgan fingerprint density at radius 1 is 1.18 bits per heavy atom. The summed E-state index contributed by atoms with van der Waals surface area (Å²) in [6.07, 6.45) is 2.74. The van der Waals surface area contributed by atoms with E-state index in [4.69, 9.17) is 5.73 Å². The van der Waals surface area contributed by atoms with Crippen molar-refractivity contribution < 1.29 is 22.8 Å². The normalized spacial score (nSPS) is 30.3. The predicted molar refractivity (Wildman–Crippen MR) is 101 cm³/mol. The molecule has 2 aliphatic heterocycles. The summed E-state index contributed by atoms with van der Waals surface area (Å²) in [5.74, 6) is -1.43. The van der Waals surface area contributed by atoms with Gasteiger partial charge in [0.1, 0.15) is 12.1 Å². The summed E-state index contributed by atoms with van der Waals surface area (Å²) in [7, 11) is -1.88. The van der Waals surface area contributed by atoms with Crippen LogP contribution in [0.15, 0.2) is 0 Å². The van der Waals surface area contributed by atoms with Crippen molar-refractivity contribution in [3.05, 3.63) is 0 Å². The van der Waals surface area contributed by atoms with Crippen LogP contribution >= 0.6 is 0 Å². The molecule has 0 radical (unpaired) electrons. The SMILES string of the molecule is CN[C@@H](C)C(=O)N[C@H]1CN(S(=O)(=O)C2CC2)CC[C@H]2CC[C@@H](C(N)=O)N2C1=O. The molecule has 28 heavy (non-hydrogen) atoms. The number of nitrogens with zero attached hydrogens (tertiary/aromatic N) is 2. The number of carbonyl (C=O) groups is 3. The molecule has 0 spiro atoms. The Bertz CT molecular complexity index is 753. The highest BCUT2D eigenvalue weighted by Gasteiger charge is 2.47. The molecule has 1 saturated carbocycles. The molecule has 3 fully saturated rings. The predicted octanol–water partition coefficient (Wildman–Crippen LogP) is -1.88. The van der Waals surface area contributed by atoms with E-state index in [1.807, 2.05) is 0 Å². The van der Waals surface area contributed by atoms with Crippen LogP contribution in [0.25, 0.3) is 0 Å². The van der Waals surface area contributed by atoms with Crippen LogP contribution in [0.4, 0.5) is 0 Å². The van der Waals surface area contributed by atoms with Crippen LogP contribution in [-0.2, 0) is 24.4 Å². The summed E-state index contributed by atoms with van der Waals surface area (Å²) in [6.45, 7) is 1.77. The largest absolute Gasteiger partial charge is 0.368 e. The molecule has 10 nitrogen and oxygen atoms in total. The first-order chi connectivity index (χ1) is 13.2. The fourth-order valence-electron chi connectivity index (χ4n) is 3.97. The number of rotatable bonds is 6. The summed E-state index contributed by atoms with van der Waals surface area (Å²) >= 11 is 0. The molecule has 0 bridgehead atoms. The van der Waals surface area contributed by atoms with Gasteiger partial charge in [-0.1, -0.05) is 0 Å². The minimum absolute atomic E-state index is 0.130. The van der Waals surface area contributed by atoms with E-state index in [1.54, 1.807) is 14.0 Å². The van der Waals surface area contributed by atoms with E-state index in [2.05, 4.69) is 10.6 Å². The van der Waals surface area contributed by atoms with Gasteiger partial charge in [-0.3, -0.25) is 14.4 Å². The fraction of sp³-hybridized carbons (Fsp3) is 0.824. The van der Waals surface area contributed by atoms with Crippen LogP contribution < -0.4 is 16.4 Å². The topological polar surface area (TPSA) is 142 Å². The Morgan fingerprint density at radius 2 is 1.86 bits per heavy atom. The second-order valence-corrected chi connectivity index (χ2v) is 10.1. The van der Waals surface area contributed by atoms with Gasteiger partial charge in [-0.15, -0.1) is 0 Å². The number of nitrogens with one attached hydrogen (secondary N) is 2. The second-order valence-electron chi connectivity index (χ2n) is 7.86. The van der Waals surface area contributed by atoms with Gasteiger partial charge in [0, 0.05) is 19.1 Å². The third-order valence-electron chi connectivity index (χ3n) is 5.93. The number of fused-ring (bicyclic) bond motifs is 1. The monoisotopic (exact) mass is 415 g/mol. The van der Waals surface area contributed by atoms with Crippen molar-refractivity contribution in [2.75, 3.05) is 20.1 Å². The van der Waals surface area contributed by atoms with Crippen LogP contribution in [-0.4, -0.2) is 84.9 Å². The first kappa shape index (κ1) is 21.0. The van der Waals surface area contributed by atoms with Gasteiger partial charge in [0.15, 0.2) is 0 Å². The average molecular weight is 416 g/mol. The summed E-state index contributed by atoms with van der Waals surface area (Å²) in [4.78, 5) is 39.0. The smallest absolute Gasteiger partial charge is 0.247 e. The summed E-state index contributed by atoms with van der Waals surface area (Å²) in [5, 5.41) is 5.07. The van der Waals surface area contributed by atoms with Crippen molar-refractivity contribution in [2.24, 2.45) is 5.73 Å². The van der Waals surface area contributed by atoms with Gasteiger partial charge in [0.25, 0.3) is 0 Å². The molecule has 11 heteroatoms. The lowest BCUT2D eigenvalue weighted by Crippen LogP contribution is -2.62. The lowest BCUT2D eigenvalue weighted by molar-refractivity contribution is -0.143. The Hall–Kier alpha value is -1.72. The zero-order valence-corrected chi connectivity index (χ0v) is 17.1. The molecule has 4 atom stereocenters. The molecular weight excluding hydrogens is 386 g/mol. The third-order valence-corrected chi connectivity index (χ3v) is 8.30. The molecule has 2 saturated heterocycles. The zero-order chi connectivity index (χ0) is 20.6. The van der Waals surface area contributed by atoms with Crippen LogP contribution in [0, 0.1) is 0 Å². The van der Waals surface area contributed by atoms with Crippen LogP contribution in [0.3, 0.4) is 0 Å². The van der Waals surface area contributed by atoms with Crippen molar-refractivity contribution in [1.29, 1.82) is 0 Å². The van der Waals surface area contributed by atoms with E-state index >= 15 is 0 Å². The Kier molecular flexibility index (Phi) is 5.97. The molecule has 3 amide bonds. The molecule has 3 aliphatic rings. The van der Waals surface area contributed by atoms with Crippen molar-refractivity contribution in [2.45, 2.75) is 68.4 Å². The number of primary amides is 1. The average Bonchev–Trinajstić information content (AvgIpc) is 3.42.